The topological polar surface area (TPSA) is 87.0 Å². The van der Waals surface area contributed by atoms with Crippen LogP contribution in [0.2, 0.25) is 0 Å². The Morgan fingerprint density at radius 3 is 2.31 bits per heavy atom. The highest BCUT2D eigenvalue weighted by Crippen LogP contribution is 2.47. The van der Waals surface area contributed by atoms with Crippen LogP contribution in [-0.2, 0) is 6.42 Å². The fourth-order valence-corrected chi connectivity index (χ4v) is 3.79. The maximum atomic E-state index is 13.5. The third kappa shape index (κ3) is 3.82. The number of ketones is 1. The fraction of sp³-hybridized carbons (Fsp3) is 0.375. The molecule has 1 heterocycles. The minimum Gasteiger partial charge on any atom is -0.508 e. The Bertz CT molecular complexity index is 983. The average Bonchev–Trinajstić information content (AvgIpc) is 2.61. The van der Waals surface area contributed by atoms with Crippen LogP contribution in [0, 0.1) is 5.92 Å². The van der Waals surface area contributed by atoms with Crippen molar-refractivity contribution in [2.45, 2.75) is 53.6 Å². The van der Waals surface area contributed by atoms with Crippen LogP contribution in [0.15, 0.2) is 52.3 Å². The van der Waals surface area contributed by atoms with E-state index in [1.54, 1.807) is 6.92 Å². The summed E-state index contributed by atoms with van der Waals surface area (Å²) in [6.07, 6.45) is 5.56. The first-order valence-corrected chi connectivity index (χ1v) is 9.78. The summed E-state index contributed by atoms with van der Waals surface area (Å²) in [5.74, 6) is -1.01. The molecule has 2 aliphatic rings. The summed E-state index contributed by atoms with van der Waals surface area (Å²) < 4.78 is 5.96. The lowest BCUT2D eigenvalue weighted by Crippen LogP contribution is -2.40. The van der Waals surface area contributed by atoms with Crippen molar-refractivity contribution < 1.29 is 24.9 Å². The number of Topliss-reactive ketones (excluding diaryl/α,β-unsaturated/α-hetero) is 1. The Labute approximate surface area is 171 Å². The number of carbonyl (C=O) groups excluding carboxylic acids is 1. The molecule has 1 aliphatic carbocycles. The van der Waals surface area contributed by atoms with Gasteiger partial charge in [-0.1, -0.05) is 23.3 Å². The number of aliphatic hydroxyl groups excluding tert-OH is 1. The van der Waals surface area contributed by atoms with Crippen molar-refractivity contribution in [3.63, 3.8) is 0 Å². The van der Waals surface area contributed by atoms with Crippen LogP contribution in [0.3, 0.4) is 0 Å². The zero-order chi connectivity index (χ0) is 21.5. The van der Waals surface area contributed by atoms with Gasteiger partial charge < -0.3 is 20.1 Å². The van der Waals surface area contributed by atoms with Crippen LogP contribution < -0.4 is 4.74 Å². The number of rotatable bonds is 4. The van der Waals surface area contributed by atoms with E-state index in [0.717, 1.165) is 16.7 Å². The Kier molecular flexibility index (Phi) is 5.60. The minimum absolute atomic E-state index is 0.0910. The first-order valence-electron chi connectivity index (χ1n) is 9.78. The van der Waals surface area contributed by atoms with Crippen molar-refractivity contribution >= 4 is 5.78 Å². The number of allylic oxidation sites excluding steroid dienone is 5. The van der Waals surface area contributed by atoms with E-state index < -0.39 is 12.0 Å². The lowest BCUT2D eigenvalue weighted by molar-refractivity contribution is 0.0775. The first kappa shape index (κ1) is 20.8. The highest BCUT2D eigenvalue weighted by atomic mass is 16.5. The van der Waals surface area contributed by atoms with Crippen LogP contribution in [-0.4, -0.2) is 27.2 Å². The van der Waals surface area contributed by atoms with Crippen LogP contribution in [0.4, 0.5) is 0 Å². The molecule has 1 aliphatic heterocycles. The predicted octanol–water partition coefficient (Wildman–Crippen LogP) is 5.29. The summed E-state index contributed by atoms with van der Waals surface area (Å²) in [5, 5.41) is 31.5. The predicted molar refractivity (Wildman–Crippen MR) is 113 cm³/mol. The number of aromatic hydroxyl groups is 2. The van der Waals surface area contributed by atoms with E-state index in [1.807, 2.05) is 39.8 Å². The molecule has 29 heavy (non-hydrogen) atoms. The lowest BCUT2D eigenvalue weighted by atomic mass is 9.76. The SMILES string of the molecule is CC(C)=CCC1=C(C)C(O)=CC2Oc3cc(O)c(CC=C(C)C)c(O)c3C(=O)C12. The van der Waals surface area contributed by atoms with Gasteiger partial charge in [-0.05, 0) is 64.7 Å². The molecular formula is C24H28O5. The number of hydrogen-bond donors (Lipinski definition) is 3. The van der Waals surface area contributed by atoms with E-state index in [1.165, 1.54) is 12.1 Å². The summed E-state index contributed by atoms with van der Waals surface area (Å²) in [6, 6.07) is 1.38. The van der Waals surface area contributed by atoms with Crippen molar-refractivity contribution in [3.05, 3.63) is 63.5 Å². The number of phenolic OH excluding ortho intramolecular Hbond substituents is 2. The zero-order valence-corrected chi connectivity index (χ0v) is 17.5. The molecule has 1 aromatic carbocycles. The maximum absolute atomic E-state index is 13.5. The molecule has 3 rings (SSSR count). The highest BCUT2D eigenvalue weighted by molar-refractivity contribution is 6.06. The van der Waals surface area contributed by atoms with Gasteiger partial charge in [0.05, 0.1) is 5.92 Å². The van der Waals surface area contributed by atoms with E-state index in [9.17, 15) is 20.1 Å². The van der Waals surface area contributed by atoms with Gasteiger partial charge in [0, 0.05) is 11.6 Å². The number of aliphatic hydroxyl groups is 1. The molecule has 0 aromatic heterocycles. The average molecular weight is 396 g/mol. The van der Waals surface area contributed by atoms with Gasteiger partial charge in [0.15, 0.2) is 5.78 Å². The van der Waals surface area contributed by atoms with Gasteiger partial charge in [0.1, 0.15) is 34.7 Å². The van der Waals surface area contributed by atoms with Crippen LogP contribution >= 0.6 is 0 Å². The maximum Gasteiger partial charge on any atom is 0.181 e. The molecule has 5 heteroatoms. The summed E-state index contributed by atoms with van der Waals surface area (Å²) in [6.45, 7) is 9.59. The van der Waals surface area contributed by atoms with Crippen molar-refractivity contribution in [3.8, 4) is 17.2 Å². The smallest absolute Gasteiger partial charge is 0.181 e. The van der Waals surface area contributed by atoms with Crippen LogP contribution in [0.1, 0.15) is 57.0 Å². The van der Waals surface area contributed by atoms with Gasteiger partial charge in [0.2, 0.25) is 0 Å². The number of hydrogen-bond acceptors (Lipinski definition) is 5. The Hall–Kier alpha value is -2.95. The molecule has 0 amide bonds. The molecule has 1 aromatic rings. The van der Waals surface area contributed by atoms with Gasteiger partial charge in [-0.2, -0.15) is 0 Å². The molecule has 2 atom stereocenters. The van der Waals surface area contributed by atoms with Crippen LogP contribution in [0.5, 0.6) is 17.2 Å². The van der Waals surface area contributed by atoms with Crippen LogP contribution in [0.25, 0.3) is 0 Å². The van der Waals surface area contributed by atoms with Crippen molar-refractivity contribution in [2.75, 3.05) is 0 Å². The molecule has 5 nitrogen and oxygen atoms in total. The van der Waals surface area contributed by atoms with E-state index >= 15 is 0 Å². The molecule has 3 N–H and O–H groups in total. The Morgan fingerprint density at radius 2 is 1.69 bits per heavy atom. The summed E-state index contributed by atoms with van der Waals surface area (Å²) in [7, 11) is 0. The second kappa shape index (κ2) is 7.82. The van der Waals surface area contributed by atoms with Crippen molar-refractivity contribution in [1.29, 1.82) is 0 Å². The molecule has 0 bridgehead atoms. The fourth-order valence-electron chi connectivity index (χ4n) is 3.79. The molecule has 0 fully saturated rings. The third-order valence-corrected chi connectivity index (χ3v) is 5.47. The van der Waals surface area contributed by atoms with Gasteiger partial charge in [0.25, 0.3) is 0 Å². The van der Waals surface area contributed by atoms with E-state index in [2.05, 4.69) is 0 Å². The number of benzene rings is 1. The zero-order valence-electron chi connectivity index (χ0n) is 17.5. The quantitative estimate of drug-likeness (QED) is 0.602. The lowest BCUT2D eigenvalue weighted by Gasteiger charge is -2.36. The number of ether oxygens (including phenoxy) is 1. The molecular weight excluding hydrogens is 368 g/mol. The second-order valence-electron chi connectivity index (χ2n) is 8.19. The number of carbonyl (C=O) groups is 1. The number of fused-ring (bicyclic) bond motifs is 2. The van der Waals surface area contributed by atoms with Gasteiger partial charge in [-0.15, -0.1) is 0 Å². The Balaban J connectivity index is 2.12. The Morgan fingerprint density at radius 1 is 1.07 bits per heavy atom. The van der Waals surface area contributed by atoms with E-state index in [0.29, 0.717) is 24.0 Å². The summed E-state index contributed by atoms with van der Waals surface area (Å²) >= 11 is 0. The molecule has 2 unspecified atom stereocenters. The largest absolute Gasteiger partial charge is 0.508 e. The third-order valence-electron chi connectivity index (χ3n) is 5.47. The first-order chi connectivity index (χ1) is 13.6. The highest BCUT2D eigenvalue weighted by Gasteiger charge is 2.43. The summed E-state index contributed by atoms with van der Waals surface area (Å²) in [5.41, 5.74) is 3.99. The van der Waals surface area contributed by atoms with Crippen molar-refractivity contribution in [2.24, 2.45) is 5.92 Å². The standard InChI is InChI=1S/C24H28O5/c1-12(2)6-8-15-14(5)17(25)10-19-21(15)24(28)22-20(29-19)11-18(26)16(23(22)27)9-7-13(3)4/h6-7,10-11,19,21,25-27H,8-9H2,1-5H3. The minimum atomic E-state index is -0.679. The van der Waals surface area contributed by atoms with Gasteiger partial charge in [-0.25, -0.2) is 0 Å². The van der Waals surface area contributed by atoms with Gasteiger partial charge >= 0.3 is 0 Å². The molecule has 0 saturated carbocycles. The number of phenols is 2. The second-order valence-corrected chi connectivity index (χ2v) is 8.19. The summed E-state index contributed by atoms with van der Waals surface area (Å²) in [4.78, 5) is 13.5. The monoisotopic (exact) mass is 396 g/mol. The van der Waals surface area contributed by atoms with E-state index in [4.69, 9.17) is 4.74 Å². The molecule has 154 valence electrons. The van der Waals surface area contributed by atoms with Crippen molar-refractivity contribution in [1.82, 2.24) is 0 Å². The molecule has 0 radical (unpaired) electrons. The normalized spacial score (nSPS) is 20.3. The van der Waals surface area contributed by atoms with Gasteiger partial charge in [-0.3, -0.25) is 4.79 Å². The molecule has 0 saturated heterocycles. The molecule has 0 spiro atoms. The van der Waals surface area contributed by atoms with E-state index in [-0.39, 0.29) is 34.4 Å².